The average Bonchev–Trinajstić information content (AvgIpc) is 1.99. The fourth-order valence-electron chi connectivity index (χ4n) is 3.08. The van der Waals surface area contributed by atoms with Crippen LogP contribution in [0, 0.1) is 23.2 Å². The van der Waals surface area contributed by atoms with E-state index in [-0.39, 0.29) is 0 Å². The monoisotopic (exact) mass is 196 g/mol. The summed E-state index contributed by atoms with van der Waals surface area (Å²) >= 11 is 0. The molecule has 1 aliphatic rings. The molecule has 0 bridgehead atoms. The topological polar surface area (TPSA) is 0 Å². The molecule has 0 aliphatic heterocycles. The van der Waals surface area contributed by atoms with E-state index in [2.05, 4.69) is 34.6 Å². The Hall–Kier alpha value is 0. The molecule has 2 unspecified atom stereocenters. The summed E-state index contributed by atoms with van der Waals surface area (Å²) in [6, 6.07) is 0. The number of hydrogen-bond donors (Lipinski definition) is 0. The Bertz CT molecular complexity index is 167. The molecular formula is C14H28. The van der Waals surface area contributed by atoms with Gasteiger partial charge in [0.25, 0.3) is 0 Å². The van der Waals surface area contributed by atoms with Gasteiger partial charge in [0.2, 0.25) is 0 Å². The third-order valence-electron chi connectivity index (χ3n) is 4.75. The lowest BCUT2D eigenvalue weighted by Crippen LogP contribution is -2.38. The van der Waals surface area contributed by atoms with Gasteiger partial charge in [0.05, 0.1) is 0 Å². The maximum atomic E-state index is 2.53. The van der Waals surface area contributed by atoms with Crippen LogP contribution in [0.25, 0.3) is 0 Å². The lowest BCUT2D eigenvalue weighted by Gasteiger charge is -2.47. The first-order chi connectivity index (χ1) is 6.50. The van der Waals surface area contributed by atoms with E-state index in [1.165, 1.54) is 32.1 Å². The number of rotatable bonds is 5. The summed E-state index contributed by atoms with van der Waals surface area (Å²) in [5.74, 6) is 2.79. The molecule has 0 nitrogen and oxygen atoms in total. The molecule has 0 heterocycles. The highest BCUT2D eigenvalue weighted by molar-refractivity contribution is 4.90. The first-order valence-electron chi connectivity index (χ1n) is 6.50. The first kappa shape index (κ1) is 12.1. The molecule has 0 aromatic heterocycles. The van der Waals surface area contributed by atoms with E-state index in [4.69, 9.17) is 0 Å². The minimum atomic E-state index is 0.628. The molecular weight excluding hydrogens is 168 g/mol. The molecule has 0 aromatic rings. The van der Waals surface area contributed by atoms with Gasteiger partial charge in [-0.3, -0.25) is 0 Å². The molecule has 0 heteroatoms. The molecule has 0 aromatic carbocycles. The van der Waals surface area contributed by atoms with E-state index >= 15 is 0 Å². The van der Waals surface area contributed by atoms with Crippen molar-refractivity contribution in [2.75, 3.05) is 0 Å². The quantitative estimate of drug-likeness (QED) is 0.587. The van der Waals surface area contributed by atoms with Gasteiger partial charge in [-0.2, -0.15) is 0 Å². The highest BCUT2D eigenvalue weighted by Gasteiger charge is 2.40. The highest BCUT2D eigenvalue weighted by atomic mass is 14.4. The van der Waals surface area contributed by atoms with Gasteiger partial charge in [-0.25, -0.2) is 0 Å². The van der Waals surface area contributed by atoms with E-state index in [1.54, 1.807) is 0 Å². The molecule has 1 rings (SSSR count). The zero-order valence-electron chi connectivity index (χ0n) is 10.8. The van der Waals surface area contributed by atoms with Crippen LogP contribution < -0.4 is 0 Å². The molecule has 14 heavy (non-hydrogen) atoms. The Morgan fingerprint density at radius 2 is 1.79 bits per heavy atom. The van der Waals surface area contributed by atoms with Crippen molar-refractivity contribution in [2.24, 2.45) is 23.2 Å². The second kappa shape index (κ2) is 4.68. The van der Waals surface area contributed by atoms with Gasteiger partial charge in [0.1, 0.15) is 0 Å². The van der Waals surface area contributed by atoms with Crippen LogP contribution in [0.5, 0.6) is 0 Å². The van der Waals surface area contributed by atoms with Crippen LogP contribution in [0.1, 0.15) is 66.7 Å². The molecule has 1 saturated carbocycles. The van der Waals surface area contributed by atoms with Crippen molar-refractivity contribution in [1.29, 1.82) is 0 Å². The first-order valence-corrected chi connectivity index (χ1v) is 6.50. The van der Waals surface area contributed by atoms with E-state index in [0.29, 0.717) is 5.41 Å². The molecule has 0 radical (unpaired) electrons. The third-order valence-corrected chi connectivity index (χ3v) is 4.75. The van der Waals surface area contributed by atoms with Crippen LogP contribution in [0.3, 0.4) is 0 Å². The van der Waals surface area contributed by atoms with Crippen LogP contribution in [0.2, 0.25) is 0 Å². The second-order valence-corrected chi connectivity index (χ2v) is 6.02. The van der Waals surface area contributed by atoms with E-state index in [0.717, 1.165) is 17.8 Å². The van der Waals surface area contributed by atoms with Crippen LogP contribution in [-0.2, 0) is 0 Å². The molecule has 0 amide bonds. The molecule has 84 valence electrons. The van der Waals surface area contributed by atoms with Gasteiger partial charge in [-0.05, 0) is 42.4 Å². The molecule has 0 N–H and O–H groups in total. The van der Waals surface area contributed by atoms with Gasteiger partial charge in [-0.15, -0.1) is 0 Å². The van der Waals surface area contributed by atoms with Gasteiger partial charge >= 0.3 is 0 Å². The summed E-state index contributed by atoms with van der Waals surface area (Å²) in [6.07, 6.45) is 7.24. The normalized spacial score (nSPS) is 24.4. The van der Waals surface area contributed by atoms with Crippen LogP contribution in [-0.4, -0.2) is 0 Å². The third kappa shape index (κ3) is 2.32. The Morgan fingerprint density at radius 3 is 2.07 bits per heavy atom. The SMILES string of the molecule is CCC(C)(C(C)CC(C)C)C1CCC1. The van der Waals surface area contributed by atoms with Crippen LogP contribution >= 0.6 is 0 Å². The Morgan fingerprint density at radius 1 is 1.21 bits per heavy atom. The van der Waals surface area contributed by atoms with Gasteiger partial charge < -0.3 is 0 Å². The average molecular weight is 196 g/mol. The minimum Gasteiger partial charge on any atom is -0.0648 e. The van der Waals surface area contributed by atoms with Crippen molar-refractivity contribution >= 4 is 0 Å². The lowest BCUT2D eigenvalue weighted by atomic mass is 9.58. The zero-order chi connectivity index (χ0) is 10.8. The summed E-state index contributed by atoms with van der Waals surface area (Å²) in [5.41, 5.74) is 0.628. The smallest absolute Gasteiger partial charge is 0.0274 e. The zero-order valence-corrected chi connectivity index (χ0v) is 10.8. The lowest BCUT2D eigenvalue weighted by molar-refractivity contribution is 0.0304. The van der Waals surface area contributed by atoms with Crippen molar-refractivity contribution in [2.45, 2.75) is 66.7 Å². The van der Waals surface area contributed by atoms with Crippen LogP contribution in [0.4, 0.5) is 0 Å². The molecule has 1 fully saturated rings. The maximum Gasteiger partial charge on any atom is -0.0274 e. The molecule has 0 spiro atoms. The molecule has 2 atom stereocenters. The van der Waals surface area contributed by atoms with Gasteiger partial charge in [0.15, 0.2) is 0 Å². The van der Waals surface area contributed by atoms with Crippen molar-refractivity contribution in [3.05, 3.63) is 0 Å². The second-order valence-electron chi connectivity index (χ2n) is 6.02. The summed E-state index contributed by atoms with van der Waals surface area (Å²) in [6.45, 7) is 12.1. The van der Waals surface area contributed by atoms with E-state index < -0.39 is 0 Å². The van der Waals surface area contributed by atoms with Crippen molar-refractivity contribution in [3.63, 3.8) is 0 Å². The van der Waals surface area contributed by atoms with Gasteiger partial charge in [0, 0.05) is 0 Å². The highest BCUT2D eigenvalue weighted by Crippen LogP contribution is 2.50. The fraction of sp³-hybridized carbons (Fsp3) is 1.00. The predicted molar refractivity (Wildman–Crippen MR) is 64.4 cm³/mol. The Kier molecular flexibility index (Phi) is 4.04. The van der Waals surface area contributed by atoms with Crippen LogP contribution in [0.15, 0.2) is 0 Å². The van der Waals surface area contributed by atoms with Crippen molar-refractivity contribution < 1.29 is 0 Å². The van der Waals surface area contributed by atoms with E-state index in [1.807, 2.05) is 0 Å². The van der Waals surface area contributed by atoms with E-state index in [9.17, 15) is 0 Å². The summed E-state index contributed by atoms with van der Waals surface area (Å²) in [5, 5.41) is 0. The molecule has 1 aliphatic carbocycles. The largest absolute Gasteiger partial charge is 0.0648 e. The predicted octanol–water partition coefficient (Wildman–Crippen LogP) is 4.89. The Balaban J connectivity index is 2.57. The summed E-state index contributed by atoms with van der Waals surface area (Å²) < 4.78 is 0. The number of hydrogen-bond acceptors (Lipinski definition) is 0. The fourth-order valence-corrected chi connectivity index (χ4v) is 3.08. The maximum absolute atomic E-state index is 2.53. The summed E-state index contributed by atoms with van der Waals surface area (Å²) in [7, 11) is 0. The summed E-state index contributed by atoms with van der Waals surface area (Å²) in [4.78, 5) is 0. The molecule has 0 saturated heterocycles. The Labute approximate surface area is 90.5 Å². The van der Waals surface area contributed by atoms with Crippen molar-refractivity contribution in [1.82, 2.24) is 0 Å². The minimum absolute atomic E-state index is 0.628. The van der Waals surface area contributed by atoms with Gasteiger partial charge in [-0.1, -0.05) is 47.5 Å². The van der Waals surface area contributed by atoms with Crippen molar-refractivity contribution in [3.8, 4) is 0 Å². The standard InChI is InChI=1S/C14H28/c1-6-14(5,13-8-7-9-13)12(4)10-11(2)3/h11-13H,6-10H2,1-5H3.